The fourth-order valence-corrected chi connectivity index (χ4v) is 3.16. The van der Waals surface area contributed by atoms with Gasteiger partial charge in [0.1, 0.15) is 18.0 Å². The van der Waals surface area contributed by atoms with Crippen LogP contribution < -0.4 is 19.7 Å². The van der Waals surface area contributed by atoms with E-state index in [9.17, 15) is 9.59 Å². The molecule has 1 fully saturated rings. The van der Waals surface area contributed by atoms with Crippen LogP contribution in [0.1, 0.15) is 12.5 Å². The molecule has 0 aliphatic carbocycles. The Hall–Kier alpha value is -3.22. The van der Waals surface area contributed by atoms with E-state index in [1.54, 1.807) is 37.3 Å². The van der Waals surface area contributed by atoms with Crippen molar-refractivity contribution < 1.29 is 19.1 Å². The molecule has 1 aliphatic heterocycles. The lowest BCUT2D eigenvalue weighted by atomic mass is 10.1. The molecule has 0 radical (unpaired) electrons. The summed E-state index contributed by atoms with van der Waals surface area (Å²) in [4.78, 5) is 28.3. The molecule has 148 valence electrons. The van der Waals surface area contributed by atoms with Crippen LogP contribution in [-0.4, -0.2) is 50.7 Å². The highest BCUT2D eigenvalue weighted by molar-refractivity contribution is 6.00. The molecular formula is C21H25N3O4. The third-order valence-electron chi connectivity index (χ3n) is 4.75. The topological polar surface area (TPSA) is 71.1 Å². The highest BCUT2D eigenvalue weighted by atomic mass is 16.5. The lowest BCUT2D eigenvalue weighted by Gasteiger charge is -2.21. The number of hydrogen-bond donors (Lipinski definition) is 1. The summed E-state index contributed by atoms with van der Waals surface area (Å²) in [5.41, 5.74) is 2.56. The van der Waals surface area contributed by atoms with Gasteiger partial charge in [-0.05, 0) is 36.2 Å². The molecular weight excluding hydrogens is 358 g/mol. The van der Waals surface area contributed by atoms with Gasteiger partial charge in [-0.1, -0.05) is 19.1 Å². The first-order valence-electron chi connectivity index (χ1n) is 9.23. The van der Waals surface area contributed by atoms with E-state index in [0.717, 1.165) is 12.1 Å². The van der Waals surface area contributed by atoms with Crippen molar-refractivity contribution in [1.29, 1.82) is 0 Å². The lowest BCUT2D eigenvalue weighted by molar-refractivity contribution is -0.116. The molecule has 1 heterocycles. The molecule has 1 aliphatic rings. The van der Waals surface area contributed by atoms with Gasteiger partial charge in [0.05, 0.1) is 19.9 Å². The van der Waals surface area contributed by atoms with Gasteiger partial charge in [0.2, 0.25) is 5.91 Å². The zero-order valence-electron chi connectivity index (χ0n) is 16.4. The van der Waals surface area contributed by atoms with Crippen LogP contribution in [0.2, 0.25) is 0 Å². The van der Waals surface area contributed by atoms with Crippen LogP contribution in [0.25, 0.3) is 0 Å². The van der Waals surface area contributed by atoms with Crippen molar-refractivity contribution >= 4 is 23.3 Å². The second-order valence-electron chi connectivity index (χ2n) is 6.49. The summed E-state index contributed by atoms with van der Waals surface area (Å²) >= 11 is 0. The molecule has 1 saturated heterocycles. The number of nitrogens with one attached hydrogen (secondary N) is 1. The quantitative estimate of drug-likeness (QED) is 0.797. The van der Waals surface area contributed by atoms with Gasteiger partial charge < -0.3 is 19.7 Å². The lowest BCUT2D eigenvalue weighted by Crippen LogP contribution is -2.37. The Morgan fingerprint density at radius 3 is 2.46 bits per heavy atom. The first kappa shape index (κ1) is 19.5. The Kier molecular flexibility index (Phi) is 6.03. The molecule has 2 aromatic carbocycles. The fraction of sp³-hybridized carbons (Fsp3) is 0.333. The minimum atomic E-state index is -0.233. The van der Waals surface area contributed by atoms with Crippen molar-refractivity contribution in [1.82, 2.24) is 4.90 Å². The number of rotatable bonds is 7. The third kappa shape index (κ3) is 4.19. The maximum absolute atomic E-state index is 12.8. The molecule has 7 heteroatoms. The second kappa shape index (κ2) is 8.65. The molecule has 1 N–H and O–H groups in total. The van der Waals surface area contributed by atoms with Gasteiger partial charge in [0, 0.05) is 24.8 Å². The van der Waals surface area contributed by atoms with Crippen molar-refractivity contribution in [3.63, 3.8) is 0 Å². The van der Waals surface area contributed by atoms with Crippen LogP contribution in [0.4, 0.5) is 16.2 Å². The van der Waals surface area contributed by atoms with Gasteiger partial charge in [-0.3, -0.25) is 9.69 Å². The van der Waals surface area contributed by atoms with Crippen LogP contribution >= 0.6 is 0 Å². The SMILES string of the molecule is CCc1ccc(NC(=O)CN2CCN(c3cc(OC)ccc3OC)C2=O)cc1. The number of anilines is 2. The summed E-state index contributed by atoms with van der Waals surface area (Å²) in [6, 6.07) is 12.8. The van der Waals surface area contributed by atoms with Crippen LogP contribution in [0.5, 0.6) is 11.5 Å². The Labute approximate surface area is 164 Å². The van der Waals surface area contributed by atoms with Crippen LogP contribution in [0.15, 0.2) is 42.5 Å². The Morgan fingerprint density at radius 1 is 1.07 bits per heavy atom. The number of nitrogens with zero attached hydrogens (tertiary/aromatic N) is 2. The molecule has 7 nitrogen and oxygen atoms in total. The highest BCUT2D eigenvalue weighted by Gasteiger charge is 2.32. The molecule has 0 saturated carbocycles. The smallest absolute Gasteiger partial charge is 0.325 e. The number of urea groups is 1. The molecule has 2 aromatic rings. The van der Waals surface area contributed by atoms with Crippen molar-refractivity contribution in [2.75, 3.05) is 44.1 Å². The molecule has 28 heavy (non-hydrogen) atoms. The van der Waals surface area contributed by atoms with Gasteiger partial charge in [0.25, 0.3) is 0 Å². The molecule has 3 rings (SSSR count). The summed E-state index contributed by atoms with van der Waals surface area (Å²) in [7, 11) is 3.13. The van der Waals surface area contributed by atoms with E-state index in [1.165, 1.54) is 10.5 Å². The van der Waals surface area contributed by atoms with Crippen molar-refractivity contribution in [2.45, 2.75) is 13.3 Å². The predicted molar refractivity (Wildman–Crippen MR) is 108 cm³/mol. The number of amides is 3. The monoisotopic (exact) mass is 383 g/mol. The third-order valence-corrected chi connectivity index (χ3v) is 4.75. The first-order valence-corrected chi connectivity index (χ1v) is 9.23. The maximum Gasteiger partial charge on any atom is 0.325 e. The summed E-state index contributed by atoms with van der Waals surface area (Å²) in [6.45, 7) is 3.01. The van der Waals surface area contributed by atoms with Crippen LogP contribution in [0, 0.1) is 0 Å². The zero-order valence-corrected chi connectivity index (χ0v) is 16.4. The normalized spacial score (nSPS) is 13.6. The largest absolute Gasteiger partial charge is 0.497 e. The van der Waals surface area contributed by atoms with E-state index in [-0.39, 0.29) is 18.5 Å². The number of carbonyl (C=O) groups is 2. The maximum atomic E-state index is 12.8. The predicted octanol–water partition coefficient (Wildman–Crippen LogP) is 3.15. The van der Waals surface area contributed by atoms with Gasteiger partial charge in [-0.25, -0.2) is 4.79 Å². The van der Waals surface area contributed by atoms with E-state index in [2.05, 4.69) is 12.2 Å². The van der Waals surface area contributed by atoms with E-state index < -0.39 is 0 Å². The van der Waals surface area contributed by atoms with Crippen LogP contribution in [0.3, 0.4) is 0 Å². The van der Waals surface area contributed by atoms with E-state index in [0.29, 0.717) is 30.3 Å². The van der Waals surface area contributed by atoms with Crippen LogP contribution in [-0.2, 0) is 11.2 Å². The standard InChI is InChI=1S/C21H25N3O4/c1-4-15-5-7-16(8-6-15)22-20(25)14-23-11-12-24(21(23)26)18-13-17(27-2)9-10-19(18)28-3/h5-10,13H,4,11-12,14H2,1-3H3,(H,22,25). The van der Waals surface area contributed by atoms with Gasteiger partial charge in [-0.2, -0.15) is 0 Å². The minimum Gasteiger partial charge on any atom is -0.497 e. The van der Waals surface area contributed by atoms with Gasteiger partial charge >= 0.3 is 6.03 Å². The van der Waals surface area contributed by atoms with E-state index in [4.69, 9.17) is 9.47 Å². The number of methoxy groups -OCH3 is 2. The summed E-state index contributed by atoms with van der Waals surface area (Å²) < 4.78 is 10.6. The second-order valence-corrected chi connectivity index (χ2v) is 6.49. The number of ether oxygens (including phenoxy) is 2. The van der Waals surface area contributed by atoms with Crippen molar-refractivity contribution in [3.8, 4) is 11.5 Å². The highest BCUT2D eigenvalue weighted by Crippen LogP contribution is 2.34. The first-order chi connectivity index (χ1) is 13.5. The Morgan fingerprint density at radius 2 is 1.82 bits per heavy atom. The number of benzene rings is 2. The number of hydrogen-bond acceptors (Lipinski definition) is 4. The number of aryl methyl sites for hydroxylation is 1. The minimum absolute atomic E-state index is 0.00283. The Bertz CT molecular complexity index is 851. The molecule has 0 spiro atoms. The Balaban J connectivity index is 1.66. The summed E-state index contributed by atoms with van der Waals surface area (Å²) in [5, 5.41) is 2.84. The molecule has 0 bridgehead atoms. The molecule has 3 amide bonds. The van der Waals surface area contributed by atoms with E-state index >= 15 is 0 Å². The summed E-state index contributed by atoms with van der Waals surface area (Å²) in [5.74, 6) is 0.990. The van der Waals surface area contributed by atoms with Gasteiger partial charge in [-0.15, -0.1) is 0 Å². The van der Waals surface area contributed by atoms with E-state index in [1.807, 2.05) is 24.3 Å². The molecule has 0 unspecified atom stereocenters. The van der Waals surface area contributed by atoms with Gasteiger partial charge in [0.15, 0.2) is 0 Å². The average Bonchev–Trinajstić information content (AvgIpc) is 3.08. The molecule has 0 atom stereocenters. The van der Waals surface area contributed by atoms with Crippen molar-refractivity contribution in [3.05, 3.63) is 48.0 Å². The summed E-state index contributed by atoms with van der Waals surface area (Å²) in [6.07, 6.45) is 0.945. The van der Waals surface area contributed by atoms with Crippen molar-refractivity contribution in [2.24, 2.45) is 0 Å². The fourth-order valence-electron chi connectivity index (χ4n) is 3.16. The average molecular weight is 383 g/mol. The zero-order chi connectivity index (χ0) is 20.1. The molecule has 0 aromatic heterocycles. The number of carbonyl (C=O) groups excluding carboxylic acids is 2.